The highest BCUT2D eigenvalue weighted by Crippen LogP contribution is 2.31. The number of aromatic nitrogens is 1. The number of hydrogen-bond acceptors (Lipinski definition) is 3. The van der Waals surface area contributed by atoms with Gasteiger partial charge in [-0.3, -0.25) is 14.4 Å². The molecular formula is C16H20BrN3O3. The summed E-state index contributed by atoms with van der Waals surface area (Å²) in [7, 11) is 0. The van der Waals surface area contributed by atoms with Crippen LogP contribution in [0, 0.1) is 5.92 Å². The predicted octanol–water partition coefficient (Wildman–Crippen LogP) is 1.13. The number of halogens is 1. The second-order valence-corrected chi connectivity index (χ2v) is 7.17. The number of amides is 2. The number of hydrogen-bond donors (Lipinski definition) is 1. The smallest absolute Gasteiger partial charge is 0.251 e. The van der Waals surface area contributed by atoms with Gasteiger partial charge in [-0.15, -0.1) is 0 Å². The van der Waals surface area contributed by atoms with E-state index in [-0.39, 0.29) is 35.9 Å². The number of nitrogens with zero attached hydrogens (tertiary/aromatic N) is 2. The number of piperidine rings is 1. The van der Waals surface area contributed by atoms with E-state index < -0.39 is 0 Å². The Labute approximate surface area is 143 Å². The molecule has 0 aromatic carbocycles. The van der Waals surface area contributed by atoms with Gasteiger partial charge < -0.3 is 14.8 Å². The standard InChI is InChI=1S/C16H20BrN3O3/c17-12-3-4-15(22)20(9-12)10-14(21)18-13-5-7-19(8-6-13)16(23)11-1-2-11/h3-4,9,11,13H,1-2,5-8,10H2,(H,18,21). The molecule has 23 heavy (non-hydrogen) atoms. The number of nitrogens with one attached hydrogen (secondary N) is 1. The molecule has 2 heterocycles. The molecule has 2 fully saturated rings. The first-order valence-electron chi connectivity index (χ1n) is 7.97. The topological polar surface area (TPSA) is 71.4 Å². The molecule has 1 aromatic rings. The highest BCUT2D eigenvalue weighted by atomic mass is 79.9. The van der Waals surface area contributed by atoms with Crippen LogP contribution in [-0.2, 0) is 16.1 Å². The van der Waals surface area contributed by atoms with Crippen molar-refractivity contribution in [2.45, 2.75) is 38.3 Å². The van der Waals surface area contributed by atoms with Crippen LogP contribution in [0.25, 0.3) is 0 Å². The van der Waals surface area contributed by atoms with E-state index in [0.717, 1.165) is 30.2 Å². The Morgan fingerprint density at radius 2 is 1.87 bits per heavy atom. The summed E-state index contributed by atoms with van der Waals surface area (Å²) in [6, 6.07) is 3.16. The fourth-order valence-electron chi connectivity index (χ4n) is 2.89. The maximum Gasteiger partial charge on any atom is 0.251 e. The van der Waals surface area contributed by atoms with Crippen LogP contribution >= 0.6 is 15.9 Å². The third kappa shape index (κ3) is 4.22. The van der Waals surface area contributed by atoms with Crippen molar-refractivity contribution in [2.24, 2.45) is 5.92 Å². The minimum atomic E-state index is -0.201. The monoisotopic (exact) mass is 381 g/mol. The van der Waals surface area contributed by atoms with Crippen molar-refractivity contribution in [1.82, 2.24) is 14.8 Å². The van der Waals surface area contributed by atoms with Crippen LogP contribution in [0.2, 0.25) is 0 Å². The fourth-order valence-corrected chi connectivity index (χ4v) is 3.27. The summed E-state index contributed by atoms with van der Waals surface area (Å²) < 4.78 is 2.14. The van der Waals surface area contributed by atoms with E-state index in [9.17, 15) is 14.4 Å². The van der Waals surface area contributed by atoms with Gasteiger partial charge in [0.1, 0.15) is 6.54 Å². The molecule has 1 saturated carbocycles. The molecular weight excluding hydrogens is 362 g/mol. The molecule has 1 aliphatic heterocycles. The van der Waals surface area contributed by atoms with Crippen LogP contribution in [0.3, 0.4) is 0 Å². The molecule has 0 unspecified atom stereocenters. The van der Waals surface area contributed by atoms with E-state index >= 15 is 0 Å². The second kappa shape index (κ2) is 6.86. The van der Waals surface area contributed by atoms with Gasteiger partial charge in [0.2, 0.25) is 11.8 Å². The van der Waals surface area contributed by atoms with Gasteiger partial charge in [-0.25, -0.2) is 0 Å². The largest absolute Gasteiger partial charge is 0.352 e. The van der Waals surface area contributed by atoms with Crippen LogP contribution in [-0.4, -0.2) is 40.4 Å². The molecule has 0 atom stereocenters. The Bertz CT molecular complexity index is 661. The fraction of sp³-hybridized carbons (Fsp3) is 0.562. The molecule has 6 nitrogen and oxygen atoms in total. The Morgan fingerprint density at radius 3 is 2.52 bits per heavy atom. The molecule has 3 rings (SSSR count). The van der Waals surface area contributed by atoms with Crippen LogP contribution in [0.15, 0.2) is 27.6 Å². The SMILES string of the molecule is O=C(Cn1cc(Br)ccc1=O)NC1CCN(C(=O)C2CC2)CC1. The van der Waals surface area contributed by atoms with E-state index in [0.29, 0.717) is 13.1 Å². The number of carbonyl (C=O) groups excluding carboxylic acids is 2. The second-order valence-electron chi connectivity index (χ2n) is 6.25. The molecule has 1 N–H and O–H groups in total. The average Bonchev–Trinajstić information content (AvgIpc) is 3.36. The van der Waals surface area contributed by atoms with E-state index in [2.05, 4.69) is 21.2 Å². The first-order chi connectivity index (χ1) is 11.0. The number of carbonyl (C=O) groups is 2. The zero-order valence-electron chi connectivity index (χ0n) is 12.8. The van der Waals surface area contributed by atoms with Crippen molar-refractivity contribution in [3.63, 3.8) is 0 Å². The van der Waals surface area contributed by atoms with Gasteiger partial charge in [0.15, 0.2) is 0 Å². The molecule has 0 spiro atoms. The maximum absolute atomic E-state index is 12.1. The van der Waals surface area contributed by atoms with Crippen molar-refractivity contribution >= 4 is 27.7 Å². The summed E-state index contributed by atoms with van der Waals surface area (Å²) in [6.45, 7) is 1.42. The molecule has 0 bridgehead atoms. The molecule has 7 heteroatoms. The molecule has 2 amide bonds. The summed E-state index contributed by atoms with van der Waals surface area (Å²) in [5, 5.41) is 2.97. The van der Waals surface area contributed by atoms with Crippen molar-refractivity contribution in [2.75, 3.05) is 13.1 Å². The van der Waals surface area contributed by atoms with Gasteiger partial charge in [-0.2, -0.15) is 0 Å². The van der Waals surface area contributed by atoms with E-state index in [1.54, 1.807) is 12.3 Å². The Hall–Kier alpha value is -1.63. The van der Waals surface area contributed by atoms with Gasteiger partial charge in [0.05, 0.1) is 0 Å². The van der Waals surface area contributed by atoms with E-state index in [1.807, 2.05) is 4.90 Å². The lowest BCUT2D eigenvalue weighted by molar-refractivity contribution is -0.133. The zero-order valence-corrected chi connectivity index (χ0v) is 14.4. The Balaban J connectivity index is 1.48. The summed E-state index contributed by atoms with van der Waals surface area (Å²) in [5.74, 6) is 0.358. The summed E-state index contributed by atoms with van der Waals surface area (Å²) >= 11 is 3.29. The summed E-state index contributed by atoms with van der Waals surface area (Å²) in [4.78, 5) is 37.7. The van der Waals surface area contributed by atoms with Crippen LogP contribution in [0.4, 0.5) is 0 Å². The Morgan fingerprint density at radius 1 is 1.17 bits per heavy atom. The van der Waals surface area contributed by atoms with Gasteiger partial charge in [-0.05, 0) is 47.7 Å². The number of likely N-dealkylation sites (tertiary alicyclic amines) is 1. The molecule has 0 radical (unpaired) electrons. The zero-order chi connectivity index (χ0) is 16.4. The molecule has 1 saturated heterocycles. The lowest BCUT2D eigenvalue weighted by atomic mass is 10.0. The first kappa shape index (κ1) is 16.2. The number of rotatable bonds is 4. The quantitative estimate of drug-likeness (QED) is 0.849. The normalized spacial score (nSPS) is 18.7. The average molecular weight is 382 g/mol. The minimum absolute atomic E-state index is 0.0134. The van der Waals surface area contributed by atoms with Crippen LogP contribution < -0.4 is 10.9 Å². The van der Waals surface area contributed by atoms with Crippen molar-refractivity contribution in [3.05, 3.63) is 33.2 Å². The lowest BCUT2D eigenvalue weighted by Gasteiger charge is -2.32. The van der Waals surface area contributed by atoms with Gasteiger partial charge >= 0.3 is 0 Å². The predicted molar refractivity (Wildman–Crippen MR) is 88.9 cm³/mol. The third-order valence-electron chi connectivity index (χ3n) is 4.36. The minimum Gasteiger partial charge on any atom is -0.352 e. The van der Waals surface area contributed by atoms with Crippen molar-refractivity contribution < 1.29 is 9.59 Å². The van der Waals surface area contributed by atoms with Gasteiger partial charge in [-0.1, -0.05) is 0 Å². The third-order valence-corrected chi connectivity index (χ3v) is 4.83. The summed E-state index contributed by atoms with van der Waals surface area (Å²) in [6.07, 6.45) is 5.21. The highest BCUT2D eigenvalue weighted by molar-refractivity contribution is 9.10. The number of pyridine rings is 1. The summed E-state index contributed by atoms with van der Waals surface area (Å²) in [5.41, 5.74) is -0.201. The molecule has 1 aliphatic carbocycles. The lowest BCUT2D eigenvalue weighted by Crippen LogP contribution is -2.47. The van der Waals surface area contributed by atoms with Crippen LogP contribution in [0.1, 0.15) is 25.7 Å². The van der Waals surface area contributed by atoms with Crippen LogP contribution in [0.5, 0.6) is 0 Å². The first-order valence-corrected chi connectivity index (χ1v) is 8.76. The van der Waals surface area contributed by atoms with Crippen molar-refractivity contribution in [3.8, 4) is 0 Å². The van der Waals surface area contributed by atoms with E-state index in [1.165, 1.54) is 10.6 Å². The van der Waals surface area contributed by atoms with E-state index in [4.69, 9.17) is 0 Å². The maximum atomic E-state index is 12.1. The molecule has 2 aliphatic rings. The van der Waals surface area contributed by atoms with Gasteiger partial charge in [0.25, 0.3) is 5.56 Å². The van der Waals surface area contributed by atoms with Crippen molar-refractivity contribution in [1.29, 1.82) is 0 Å². The highest BCUT2D eigenvalue weighted by Gasteiger charge is 2.35. The molecule has 124 valence electrons. The molecule has 1 aromatic heterocycles. The van der Waals surface area contributed by atoms with Gasteiger partial charge in [0, 0.05) is 41.8 Å². The Kier molecular flexibility index (Phi) is 4.84.